The summed E-state index contributed by atoms with van der Waals surface area (Å²) in [6.45, 7) is 6.31. The molecule has 2 aromatic carbocycles. The van der Waals surface area contributed by atoms with Gasteiger partial charge < -0.3 is 15.0 Å². The number of nitrogens with zero attached hydrogens (tertiary/aromatic N) is 1. The first-order valence-corrected chi connectivity index (χ1v) is 11.8. The molecule has 2 aromatic rings. The Labute approximate surface area is 192 Å². The van der Waals surface area contributed by atoms with Gasteiger partial charge in [0.05, 0.1) is 0 Å². The van der Waals surface area contributed by atoms with Crippen LogP contribution in [0.3, 0.4) is 0 Å². The summed E-state index contributed by atoms with van der Waals surface area (Å²) in [6.07, 6.45) is 6.13. The topological polar surface area (TPSA) is 58.6 Å². The number of amides is 2. The molecule has 0 aromatic heterocycles. The highest BCUT2D eigenvalue weighted by atomic mass is 16.5. The van der Waals surface area contributed by atoms with Crippen molar-refractivity contribution in [3.8, 4) is 5.75 Å². The molecule has 1 N–H and O–H groups in total. The van der Waals surface area contributed by atoms with Crippen LogP contribution in [0.25, 0.3) is 0 Å². The lowest BCUT2D eigenvalue weighted by molar-refractivity contribution is -0.143. The standard InChI is InChI=1S/C27H36N2O3/c1-4-25(27(31)28-23-13-9-6-10-14-23)29(18-22-11-7-5-8-12-22)26(30)19-32-24-16-15-20(2)21(3)17-24/h5,7-8,11-12,15-17,23,25H,4,6,9-10,13-14,18-19H2,1-3H3,(H,28,31). The molecular weight excluding hydrogens is 400 g/mol. The van der Waals surface area contributed by atoms with E-state index in [1.165, 1.54) is 12.0 Å². The monoisotopic (exact) mass is 436 g/mol. The molecule has 0 aliphatic heterocycles. The van der Waals surface area contributed by atoms with Gasteiger partial charge in [-0.15, -0.1) is 0 Å². The first kappa shape index (κ1) is 23.8. The maximum atomic E-state index is 13.3. The van der Waals surface area contributed by atoms with E-state index in [0.29, 0.717) is 18.7 Å². The van der Waals surface area contributed by atoms with Crippen LogP contribution in [-0.2, 0) is 16.1 Å². The SMILES string of the molecule is CCC(C(=O)NC1CCCCC1)N(Cc1ccccc1)C(=O)COc1ccc(C)c(C)c1. The van der Waals surface area contributed by atoms with E-state index in [2.05, 4.69) is 5.32 Å². The number of carbonyl (C=O) groups excluding carboxylic acids is 2. The lowest BCUT2D eigenvalue weighted by Crippen LogP contribution is -2.52. The molecule has 5 nitrogen and oxygen atoms in total. The zero-order valence-corrected chi connectivity index (χ0v) is 19.6. The van der Waals surface area contributed by atoms with Gasteiger partial charge in [-0.05, 0) is 61.9 Å². The lowest BCUT2D eigenvalue weighted by atomic mass is 9.95. The second-order valence-corrected chi connectivity index (χ2v) is 8.81. The summed E-state index contributed by atoms with van der Waals surface area (Å²) in [5, 5.41) is 3.20. The van der Waals surface area contributed by atoms with E-state index in [1.54, 1.807) is 4.90 Å². The minimum absolute atomic E-state index is 0.0603. The average molecular weight is 437 g/mol. The second kappa shape index (κ2) is 11.7. The number of nitrogens with one attached hydrogen (secondary N) is 1. The highest BCUT2D eigenvalue weighted by molar-refractivity contribution is 5.88. The normalized spacial score (nSPS) is 15.1. The predicted octanol–water partition coefficient (Wildman–Crippen LogP) is 4.94. The predicted molar refractivity (Wildman–Crippen MR) is 127 cm³/mol. The Hall–Kier alpha value is -2.82. The van der Waals surface area contributed by atoms with Crippen molar-refractivity contribution in [1.82, 2.24) is 10.2 Å². The van der Waals surface area contributed by atoms with E-state index in [-0.39, 0.29) is 24.5 Å². The van der Waals surface area contributed by atoms with Gasteiger partial charge in [0.15, 0.2) is 6.61 Å². The molecule has 1 atom stereocenters. The molecule has 0 radical (unpaired) electrons. The molecule has 5 heteroatoms. The number of rotatable bonds is 9. The first-order chi connectivity index (χ1) is 15.5. The van der Waals surface area contributed by atoms with E-state index in [1.807, 2.05) is 69.3 Å². The average Bonchev–Trinajstić information content (AvgIpc) is 2.81. The summed E-state index contributed by atoms with van der Waals surface area (Å²) in [4.78, 5) is 28.2. The Kier molecular flexibility index (Phi) is 8.72. The van der Waals surface area contributed by atoms with Gasteiger partial charge in [0.2, 0.25) is 5.91 Å². The van der Waals surface area contributed by atoms with Crippen molar-refractivity contribution < 1.29 is 14.3 Å². The smallest absolute Gasteiger partial charge is 0.261 e. The van der Waals surface area contributed by atoms with Crippen molar-refractivity contribution in [2.45, 2.75) is 77.9 Å². The summed E-state index contributed by atoms with van der Waals surface area (Å²) in [5.74, 6) is 0.424. The third kappa shape index (κ3) is 6.59. The van der Waals surface area contributed by atoms with E-state index in [9.17, 15) is 9.59 Å². The van der Waals surface area contributed by atoms with Crippen molar-refractivity contribution in [3.05, 3.63) is 65.2 Å². The summed E-state index contributed by atoms with van der Waals surface area (Å²) in [5.41, 5.74) is 3.30. The van der Waals surface area contributed by atoms with Gasteiger partial charge in [-0.25, -0.2) is 0 Å². The van der Waals surface area contributed by atoms with Crippen LogP contribution in [0.5, 0.6) is 5.75 Å². The summed E-state index contributed by atoms with van der Waals surface area (Å²) < 4.78 is 5.82. The Bertz CT molecular complexity index is 891. The van der Waals surface area contributed by atoms with Crippen LogP contribution < -0.4 is 10.1 Å². The van der Waals surface area contributed by atoms with Crippen molar-refractivity contribution in [1.29, 1.82) is 0 Å². The molecule has 0 saturated heterocycles. The lowest BCUT2D eigenvalue weighted by Gasteiger charge is -2.32. The van der Waals surface area contributed by atoms with Gasteiger partial charge in [-0.3, -0.25) is 9.59 Å². The Balaban J connectivity index is 1.73. The van der Waals surface area contributed by atoms with E-state index >= 15 is 0 Å². The van der Waals surface area contributed by atoms with E-state index in [0.717, 1.165) is 36.8 Å². The quantitative estimate of drug-likeness (QED) is 0.606. The summed E-state index contributed by atoms with van der Waals surface area (Å²) in [7, 11) is 0. The second-order valence-electron chi connectivity index (χ2n) is 8.81. The van der Waals surface area contributed by atoms with Gasteiger partial charge in [-0.2, -0.15) is 0 Å². The number of ether oxygens (including phenoxy) is 1. The molecule has 1 unspecified atom stereocenters. The zero-order chi connectivity index (χ0) is 22.9. The van der Waals surface area contributed by atoms with E-state index < -0.39 is 6.04 Å². The minimum atomic E-state index is -0.520. The van der Waals surface area contributed by atoms with Gasteiger partial charge in [0.25, 0.3) is 5.91 Å². The number of hydrogen-bond donors (Lipinski definition) is 1. The molecular formula is C27H36N2O3. The third-order valence-electron chi connectivity index (χ3n) is 6.37. The molecule has 0 bridgehead atoms. The van der Waals surface area contributed by atoms with Crippen molar-refractivity contribution in [2.24, 2.45) is 0 Å². The fraction of sp³-hybridized carbons (Fsp3) is 0.481. The molecule has 1 fully saturated rings. The molecule has 32 heavy (non-hydrogen) atoms. The van der Waals surface area contributed by atoms with Crippen LogP contribution in [0.2, 0.25) is 0 Å². The van der Waals surface area contributed by atoms with Crippen LogP contribution in [-0.4, -0.2) is 35.4 Å². The van der Waals surface area contributed by atoms with Crippen molar-refractivity contribution in [2.75, 3.05) is 6.61 Å². The van der Waals surface area contributed by atoms with Gasteiger partial charge in [-0.1, -0.05) is 62.6 Å². The fourth-order valence-corrected chi connectivity index (χ4v) is 4.28. The van der Waals surface area contributed by atoms with Gasteiger partial charge >= 0.3 is 0 Å². The summed E-state index contributed by atoms with van der Waals surface area (Å²) >= 11 is 0. The minimum Gasteiger partial charge on any atom is -0.484 e. The third-order valence-corrected chi connectivity index (χ3v) is 6.37. The molecule has 1 aliphatic rings. The van der Waals surface area contributed by atoms with Gasteiger partial charge in [0.1, 0.15) is 11.8 Å². The molecule has 0 heterocycles. The number of benzene rings is 2. The maximum absolute atomic E-state index is 13.3. The zero-order valence-electron chi connectivity index (χ0n) is 19.6. The van der Waals surface area contributed by atoms with Crippen LogP contribution >= 0.6 is 0 Å². The summed E-state index contributed by atoms with van der Waals surface area (Å²) in [6, 6.07) is 15.3. The van der Waals surface area contributed by atoms with Gasteiger partial charge in [0, 0.05) is 12.6 Å². The van der Waals surface area contributed by atoms with Crippen molar-refractivity contribution >= 4 is 11.8 Å². The largest absolute Gasteiger partial charge is 0.484 e. The number of hydrogen-bond acceptors (Lipinski definition) is 3. The molecule has 1 saturated carbocycles. The van der Waals surface area contributed by atoms with Crippen LogP contribution in [0.1, 0.15) is 62.1 Å². The highest BCUT2D eigenvalue weighted by Gasteiger charge is 2.30. The molecule has 0 spiro atoms. The van der Waals surface area contributed by atoms with Crippen LogP contribution in [0, 0.1) is 13.8 Å². The number of carbonyl (C=O) groups is 2. The fourth-order valence-electron chi connectivity index (χ4n) is 4.28. The maximum Gasteiger partial charge on any atom is 0.261 e. The van der Waals surface area contributed by atoms with Crippen LogP contribution in [0.15, 0.2) is 48.5 Å². The molecule has 2 amide bonds. The Morgan fingerprint density at radius 2 is 1.75 bits per heavy atom. The van der Waals surface area contributed by atoms with Crippen LogP contribution in [0.4, 0.5) is 0 Å². The Morgan fingerprint density at radius 1 is 1.03 bits per heavy atom. The Morgan fingerprint density at radius 3 is 2.41 bits per heavy atom. The number of aryl methyl sites for hydroxylation is 2. The van der Waals surface area contributed by atoms with Crippen molar-refractivity contribution in [3.63, 3.8) is 0 Å². The first-order valence-electron chi connectivity index (χ1n) is 11.8. The highest BCUT2D eigenvalue weighted by Crippen LogP contribution is 2.20. The molecule has 1 aliphatic carbocycles. The molecule has 172 valence electrons. The molecule has 3 rings (SSSR count). The van der Waals surface area contributed by atoms with E-state index in [4.69, 9.17) is 4.74 Å².